The molecule has 0 spiro atoms. The standard InChI is InChI=1S/C33H61NO6/c1-5-9-10-11-12-13-14-15-16-17-18-19-20-21-22-23-24-25-26-27-34(28(6-2)31(35)36,29(7-3)32(37)38)30(8-4)33(39)40/h22-23,28-30H,5-21,24-27H2,1-4H3,(H2-,35,36,37,38,39,40)/b23-22+. The molecular formula is C33H61NO6. The summed E-state index contributed by atoms with van der Waals surface area (Å²) in [6.45, 7) is 7.48. The largest absolute Gasteiger partial charge is 0.544 e. The van der Waals surface area contributed by atoms with Crippen LogP contribution in [0.25, 0.3) is 0 Å². The highest BCUT2D eigenvalue weighted by molar-refractivity contribution is 5.77. The van der Waals surface area contributed by atoms with Crippen molar-refractivity contribution >= 4 is 17.9 Å². The molecule has 7 heteroatoms. The smallest absolute Gasteiger partial charge is 0.362 e. The van der Waals surface area contributed by atoms with E-state index >= 15 is 0 Å². The van der Waals surface area contributed by atoms with Crippen LogP contribution in [0.1, 0.15) is 156 Å². The monoisotopic (exact) mass is 567 g/mol. The summed E-state index contributed by atoms with van der Waals surface area (Å²) in [7, 11) is 0. The minimum absolute atomic E-state index is 0.120. The molecule has 0 aliphatic rings. The molecule has 0 saturated heterocycles. The molecule has 234 valence electrons. The number of hydrogen-bond acceptors (Lipinski definition) is 4. The first kappa shape index (κ1) is 38.1. The molecule has 0 aromatic heterocycles. The van der Waals surface area contributed by atoms with Gasteiger partial charge < -0.3 is 20.1 Å². The Bertz CT molecular complexity index is 652. The molecule has 0 aliphatic heterocycles. The Kier molecular flexibility index (Phi) is 22.7. The maximum atomic E-state index is 12.2. The highest BCUT2D eigenvalue weighted by atomic mass is 16.4. The molecule has 0 aliphatic carbocycles. The Balaban J connectivity index is 4.57. The van der Waals surface area contributed by atoms with Crippen LogP contribution >= 0.6 is 0 Å². The summed E-state index contributed by atoms with van der Waals surface area (Å²) in [5, 5.41) is 32.1. The predicted octanol–water partition coefficient (Wildman–Crippen LogP) is 7.27. The van der Waals surface area contributed by atoms with E-state index in [-0.39, 0.29) is 25.8 Å². The number of quaternary nitrogens is 1. The lowest BCUT2D eigenvalue weighted by atomic mass is 9.94. The fraction of sp³-hybridized carbons (Fsp3) is 0.848. The van der Waals surface area contributed by atoms with Crippen molar-refractivity contribution in [2.24, 2.45) is 0 Å². The van der Waals surface area contributed by atoms with Crippen molar-refractivity contribution < 1.29 is 34.2 Å². The average Bonchev–Trinajstić information content (AvgIpc) is 2.90. The second-order valence-electron chi connectivity index (χ2n) is 11.5. The summed E-state index contributed by atoms with van der Waals surface area (Å²) in [6, 6.07) is -3.42. The molecule has 3 unspecified atom stereocenters. The fourth-order valence-electron chi connectivity index (χ4n) is 6.43. The summed E-state index contributed by atoms with van der Waals surface area (Å²) in [4.78, 5) is 36.6. The van der Waals surface area contributed by atoms with E-state index in [0.717, 1.165) is 19.3 Å². The summed E-state index contributed by atoms with van der Waals surface area (Å²) in [5.74, 6) is -3.68. The molecule has 0 amide bonds. The van der Waals surface area contributed by atoms with Crippen LogP contribution in [-0.2, 0) is 14.4 Å². The quantitative estimate of drug-likeness (QED) is 0.0584. The number of hydrogen-bond donors (Lipinski definition) is 2. The SMILES string of the molecule is CCCCCCCCCCCCCCC/C=C/CCCC[N+](C(CC)C(=O)[O-])(C(CC)C(=O)O)C(CC)C(=O)O. The normalized spacial score (nSPS) is 15.5. The minimum Gasteiger partial charge on any atom is -0.544 e. The maximum absolute atomic E-state index is 12.2. The molecular weight excluding hydrogens is 506 g/mol. The summed E-state index contributed by atoms with van der Waals surface area (Å²) in [6.07, 6.45) is 25.4. The third kappa shape index (κ3) is 14.1. The summed E-state index contributed by atoms with van der Waals surface area (Å²) in [5.41, 5.74) is 0. The van der Waals surface area contributed by atoms with Crippen LogP contribution in [0.15, 0.2) is 12.2 Å². The Labute approximate surface area is 245 Å². The molecule has 0 aromatic carbocycles. The number of rotatable bonds is 28. The van der Waals surface area contributed by atoms with Crippen LogP contribution in [0, 0.1) is 0 Å². The van der Waals surface area contributed by atoms with Crippen molar-refractivity contribution in [3.8, 4) is 0 Å². The molecule has 7 nitrogen and oxygen atoms in total. The van der Waals surface area contributed by atoms with E-state index in [4.69, 9.17) is 0 Å². The van der Waals surface area contributed by atoms with Gasteiger partial charge in [-0.1, -0.05) is 117 Å². The number of carboxylic acid groups (broad SMARTS) is 3. The molecule has 0 rings (SSSR count). The van der Waals surface area contributed by atoms with Crippen LogP contribution in [0.2, 0.25) is 0 Å². The number of aliphatic carboxylic acids is 3. The molecule has 0 bridgehead atoms. The molecule has 0 aromatic rings. The van der Waals surface area contributed by atoms with Crippen molar-refractivity contribution in [1.82, 2.24) is 0 Å². The minimum atomic E-state index is -1.38. The lowest BCUT2D eigenvalue weighted by molar-refractivity contribution is -0.974. The third-order valence-electron chi connectivity index (χ3n) is 8.55. The Morgan fingerprint density at radius 2 is 0.925 bits per heavy atom. The van der Waals surface area contributed by atoms with E-state index in [2.05, 4.69) is 19.1 Å². The maximum Gasteiger partial charge on any atom is 0.362 e. The van der Waals surface area contributed by atoms with Gasteiger partial charge in [0.25, 0.3) is 0 Å². The first-order chi connectivity index (χ1) is 19.2. The van der Waals surface area contributed by atoms with Crippen LogP contribution in [0.4, 0.5) is 0 Å². The second kappa shape index (κ2) is 23.8. The lowest BCUT2D eigenvalue weighted by Gasteiger charge is -2.51. The summed E-state index contributed by atoms with van der Waals surface area (Å²) < 4.78 is -0.487. The van der Waals surface area contributed by atoms with Gasteiger partial charge in [0.2, 0.25) is 0 Å². The van der Waals surface area contributed by atoms with Crippen molar-refractivity contribution in [2.45, 2.75) is 174 Å². The Morgan fingerprint density at radius 1 is 0.575 bits per heavy atom. The first-order valence-electron chi connectivity index (χ1n) is 16.4. The number of unbranched alkanes of at least 4 members (excludes halogenated alkanes) is 15. The molecule has 40 heavy (non-hydrogen) atoms. The fourth-order valence-corrected chi connectivity index (χ4v) is 6.43. The topological polar surface area (TPSA) is 115 Å². The van der Waals surface area contributed by atoms with E-state index in [0.29, 0.717) is 6.42 Å². The van der Waals surface area contributed by atoms with Gasteiger partial charge in [0.15, 0.2) is 12.1 Å². The highest BCUT2D eigenvalue weighted by Gasteiger charge is 2.53. The zero-order valence-corrected chi connectivity index (χ0v) is 26.2. The second-order valence-corrected chi connectivity index (χ2v) is 11.5. The van der Waals surface area contributed by atoms with Crippen LogP contribution in [0.5, 0.6) is 0 Å². The van der Waals surface area contributed by atoms with Gasteiger partial charge in [0.05, 0.1) is 12.5 Å². The van der Waals surface area contributed by atoms with Crippen molar-refractivity contribution in [2.75, 3.05) is 6.54 Å². The number of carbonyl (C=O) groups is 3. The van der Waals surface area contributed by atoms with Gasteiger partial charge in [0, 0.05) is 19.3 Å². The zero-order valence-electron chi connectivity index (χ0n) is 26.2. The number of nitrogens with zero attached hydrogens (tertiary/aromatic N) is 1. The third-order valence-corrected chi connectivity index (χ3v) is 8.55. The predicted molar refractivity (Wildman–Crippen MR) is 161 cm³/mol. The van der Waals surface area contributed by atoms with Gasteiger partial charge >= 0.3 is 11.9 Å². The molecule has 0 heterocycles. The zero-order chi connectivity index (χ0) is 30.2. The Morgan fingerprint density at radius 3 is 1.25 bits per heavy atom. The first-order valence-corrected chi connectivity index (χ1v) is 16.4. The molecule has 0 radical (unpaired) electrons. The van der Waals surface area contributed by atoms with Crippen molar-refractivity contribution in [3.63, 3.8) is 0 Å². The van der Waals surface area contributed by atoms with Crippen LogP contribution < -0.4 is 5.11 Å². The van der Waals surface area contributed by atoms with E-state index < -0.39 is 40.5 Å². The van der Waals surface area contributed by atoms with Gasteiger partial charge in [0.1, 0.15) is 6.04 Å². The molecule has 0 fully saturated rings. The number of carboxylic acids is 3. The van der Waals surface area contributed by atoms with Gasteiger partial charge in [-0.2, -0.15) is 0 Å². The molecule has 2 N–H and O–H groups in total. The lowest BCUT2D eigenvalue weighted by Crippen LogP contribution is -2.73. The van der Waals surface area contributed by atoms with E-state index in [9.17, 15) is 29.7 Å². The van der Waals surface area contributed by atoms with Crippen molar-refractivity contribution in [3.05, 3.63) is 12.2 Å². The van der Waals surface area contributed by atoms with E-state index in [1.807, 2.05) is 0 Å². The highest BCUT2D eigenvalue weighted by Crippen LogP contribution is 2.32. The number of carbonyl (C=O) groups excluding carboxylic acids is 1. The van der Waals surface area contributed by atoms with Crippen LogP contribution in [-0.4, -0.2) is 57.3 Å². The molecule has 0 saturated carbocycles. The van der Waals surface area contributed by atoms with Gasteiger partial charge in [-0.15, -0.1) is 0 Å². The molecule has 3 atom stereocenters. The van der Waals surface area contributed by atoms with Crippen molar-refractivity contribution in [1.29, 1.82) is 0 Å². The van der Waals surface area contributed by atoms with Gasteiger partial charge in [-0.05, 0) is 32.1 Å². The summed E-state index contributed by atoms with van der Waals surface area (Å²) >= 11 is 0. The van der Waals surface area contributed by atoms with E-state index in [1.54, 1.807) is 20.8 Å². The van der Waals surface area contributed by atoms with Gasteiger partial charge in [-0.25, -0.2) is 9.59 Å². The average molecular weight is 568 g/mol. The Hall–Kier alpha value is -1.89. The number of allylic oxidation sites excluding steroid dienone is 2. The van der Waals surface area contributed by atoms with Crippen LogP contribution in [0.3, 0.4) is 0 Å². The van der Waals surface area contributed by atoms with Gasteiger partial charge in [-0.3, -0.25) is 4.48 Å². The van der Waals surface area contributed by atoms with E-state index in [1.165, 1.54) is 83.5 Å².